The molecule has 0 saturated heterocycles. The predicted octanol–water partition coefficient (Wildman–Crippen LogP) is 3.62. The van der Waals surface area contributed by atoms with Gasteiger partial charge in [-0.2, -0.15) is 0 Å². The molecule has 5 nitrogen and oxygen atoms in total. The van der Waals surface area contributed by atoms with Gasteiger partial charge in [-0.15, -0.1) is 0 Å². The third kappa shape index (κ3) is 3.93. The number of rotatable bonds is 8. The van der Waals surface area contributed by atoms with Crippen LogP contribution >= 0.6 is 0 Å². The average Bonchev–Trinajstić information content (AvgIpc) is 2.70. The van der Waals surface area contributed by atoms with Crippen LogP contribution in [0.15, 0.2) is 24.3 Å². The Labute approximate surface area is 181 Å². The average molecular weight is 433 g/mol. The molecule has 4 bridgehead atoms. The maximum absolute atomic E-state index is 13.4. The molecule has 0 aliphatic heterocycles. The second-order valence-electron chi connectivity index (χ2n) is 10.2. The van der Waals surface area contributed by atoms with Crippen molar-refractivity contribution in [3.63, 3.8) is 0 Å². The minimum Gasteiger partial charge on any atom is -0.356 e. The number of hydrogen-bond donors (Lipinski definition) is 1. The highest BCUT2D eigenvalue weighted by atomic mass is 32.2. The van der Waals surface area contributed by atoms with Crippen molar-refractivity contribution in [2.45, 2.75) is 64.2 Å². The van der Waals surface area contributed by atoms with Gasteiger partial charge in [-0.1, -0.05) is 29.8 Å². The lowest BCUT2D eigenvalue weighted by molar-refractivity contribution is -0.149. The molecule has 4 aliphatic carbocycles. The van der Waals surface area contributed by atoms with Gasteiger partial charge in [-0.3, -0.25) is 4.79 Å². The van der Waals surface area contributed by atoms with Crippen LogP contribution in [0.3, 0.4) is 0 Å². The first-order valence-corrected chi connectivity index (χ1v) is 13.1. The monoisotopic (exact) mass is 432 g/mol. The standard InChI is InChI=1S/C24H36N2O3S/c1-4-30(28,29)26(3)11-5-10-25-22(27)24-15-19-12-20(16-24)14-23(13-19,17-24)21-8-6-18(2)7-9-21/h6-9,19-20H,4-5,10-17H2,1-3H3,(H,25,27). The molecule has 5 rings (SSSR count). The van der Waals surface area contributed by atoms with Gasteiger partial charge in [-0.05, 0) is 81.6 Å². The highest BCUT2D eigenvalue weighted by Gasteiger charge is 2.60. The molecule has 1 amide bonds. The van der Waals surface area contributed by atoms with Gasteiger partial charge in [0.15, 0.2) is 0 Å². The van der Waals surface area contributed by atoms with Gasteiger partial charge in [0.1, 0.15) is 0 Å². The minimum atomic E-state index is -3.16. The number of nitrogens with one attached hydrogen (secondary N) is 1. The van der Waals surface area contributed by atoms with E-state index < -0.39 is 10.0 Å². The van der Waals surface area contributed by atoms with Gasteiger partial charge in [-0.25, -0.2) is 12.7 Å². The zero-order valence-electron chi connectivity index (χ0n) is 18.6. The van der Waals surface area contributed by atoms with Gasteiger partial charge >= 0.3 is 0 Å². The van der Waals surface area contributed by atoms with Crippen LogP contribution in [0, 0.1) is 24.2 Å². The van der Waals surface area contributed by atoms with Crippen molar-refractivity contribution in [1.29, 1.82) is 0 Å². The summed E-state index contributed by atoms with van der Waals surface area (Å²) in [6, 6.07) is 9.00. The number of carbonyl (C=O) groups excluding carboxylic acids is 1. The van der Waals surface area contributed by atoms with E-state index in [1.54, 1.807) is 14.0 Å². The molecule has 30 heavy (non-hydrogen) atoms. The Morgan fingerprint density at radius 2 is 1.77 bits per heavy atom. The first kappa shape index (κ1) is 21.8. The Kier molecular flexibility index (Phi) is 5.77. The van der Waals surface area contributed by atoms with Crippen LogP contribution in [0.5, 0.6) is 0 Å². The summed E-state index contributed by atoms with van der Waals surface area (Å²) in [5, 5.41) is 3.18. The number of amides is 1. The van der Waals surface area contributed by atoms with Crippen LogP contribution in [0.25, 0.3) is 0 Å². The van der Waals surface area contributed by atoms with Crippen molar-refractivity contribution >= 4 is 15.9 Å². The number of carbonyl (C=O) groups is 1. The molecule has 4 saturated carbocycles. The van der Waals surface area contributed by atoms with Crippen LogP contribution in [0.1, 0.15) is 63.0 Å². The molecule has 1 N–H and O–H groups in total. The minimum absolute atomic E-state index is 0.114. The van der Waals surface area contributed by atoms with Gasteiger partial charge in [0.2, 0.25) is 15.9 Å². The van der Waals surface area contributed by atoms with E-state index in [1.807, 2.05) is 0 Å². The number of sulfonamides is 1. The molecule has 166 valence electrons. The van der Waals surface area contributed by atoms with Crippen molar-refractivity contribution in [3.8, 4) is 0 Å². The fraction of sp³-hybridized carbons (Fsp3) is 0.708. The van der Waals surface area contributed by atoms with Crippen molar-refractivity contribution in [2.75, 3.05) is 25.9 Å². The van der Waals surface area contributed by atoms with Crippen molar-refractivity contribution < 1.29 is 13.2 Å². The van der Waals surface area contributed by atoms with Gasteiger partial charge < -0.3 is 5.32 Å². The summed E-state index contributed by atoms with van der Waals surface area (Å²) in [6.07, 6.45) is 7.38. The number of hydrogen-bond acceptors (Lipinski definition) is 3. The van der Waals surface area contributed by atoms with Crippen LogP contribution in [0.4, 0.5) is 0 Å². The van der Waals surface area contributed by atoms with Crippen molar-refractivity contribution in [2.24, 2.45) is 17.3 Å². The first-order valence-electron chi connectivity index (χ1n) is 11.5. The SMILES string of the molecule is CCS(=O)(=O)N(C)CCCNC(=O)C12CC3CC(C1)CC(c1ccc(C)cc1)(C3)C2. The molecule has 1 aromatic rings. The van der Waals surface area contributed by atoms with Crippen LogP contribution in [0.2, 0.25) is 0 Å². The zero-order valence-corrected chi connectivity index (χ0v) is 19.4. The van der Waals surface area contributed by atoms with E-state index >= 15 is 0 Å². The number of nitrogens with zero attached hydrogens (tertiary/aromatic N) is 1. The highest BCUT2D eigenvalue weighted by molar-refractivity contribution is 7.89. The largest absolute Gasteiger partial charge is 0.356 e. The smallest absolute Gasteiger partial charge is 0.226 e. The normalized spacial score (nSPS) is 32.5. The van der Waals surface area contributed by atoms with Crippen LogP contribution in [-0.4, -0.2) is 44.5 Å². The Hall–Kier alpha value is -1.40. The van der Waals surface area contributed by atoms with E-state index in [0.29, 0.717) is 31.3 Å². The molecular weight excluding hydrogens is 396 g/mol. The quantitative estimate of drug-likeness (QED) is 0.638. The van der Waals surface area contributed by atoms with E-state index in [4.69, 9.17) is 0 Å². The van der Waals surface area contributed by atoms with E-state index in [1.165, 1.54) is 34.7 Å². The molecular formula is C24H36N2O3S. The fourth-order valence-electron chi connectivity index (χ4n) is 6.82. The second-order valence-corrected chi connectivity index (χ2v) is 12.6. The summed E-state index contributed by atoms with van der Waals surface area (Å²) in [6.45, 7) is 4.77. The molecule has 4 fully saturated rings. The van der Waals surface area contributed by atoms with Crippen molar-refractivity contribution in [1.82, 2.24) is 9.62 Å². The highest BCUT2D eigenvalue weighted by Crippen LogP contribution is 2.65. The summed E-state index contributed by atoms with van der Waals surface area (Å²) in [7, 11) is -1.54. The zero-order chi connectivity index (χ0) is 21.6. The summed E-state index contributed by atoms with van der Waals surface area (Å²) in [5.41, 5.74) is 2.62. The Bertz CT molecular complexity index is 880. The number of benzene rings is 1. The molecule has 2 unspecified atom stereocenters. The molecule has 0 spiro atoms. The lowest BCUT2D eigenvalue weighted by Crippen LogP contribution is -2.59. The third-order valence-corrected chi connectivity index (χ3v) is 9.84. The maximum Gasteiger partial charge on any atom is 0.226 e. The molecule has 0 heterocycles. The lowest BCUT2D eigenvalue weighted by Gasteiger charge is -2.61. The molecule has 0 radical (unpaired) electrons. The first-order chi connectivity index (χ1) is 14.2. The Balaban J connectivity index is 1.42. The Morgan fingerprint density at radius 1 is 1.13 bits per heavy atom. The van der Waals surface area contributed by atoms with E-state index in [2.05, 4.69) is 36.5 Å². The summed E-state index contributed by atoms with van der Waals surface area (Å²) >= 11 is 0. The lowest BCUT2D eigenvalue weighted by atomic mass is 9.42. The summed E-state index contributed by atoms with van der Waals surface area (Å²) in [4.78, 5) is 13.4. The van der Waals surface area contributed by atoms with Crippen LogP contribution < -0.4 is 5.32 Å². The maximum atomic E-state index is 13.4. The van der Waals surface area contributed by atoms with Crippen LogP contribution in [-0.2, 0) is 20.2 Å². The van der Waals surface area contributed by atoms with Gasteiger partial charge in [0.05, 0.1) is 11.2 Å². The summed E-state index contributed by atoms with van der Waals surface area (Å²) < 4.78 is 25.2. The van der Waals surface area contributed by atoms with Crippen molar-refractivity contribution in [3.05, 3.63) is 35.4 Å². The van der Waals surface area contributed by atoms with E-state index in [0.717, 1.165) is 19.3 Å². The second kappa shape index (κ2) is 7.94. The topological polar surface area (TPSA) is 66.5 Å². The molecule has 4 aliphatic rings. The number of aryl methyl sites for hydroxylation is 1. The fourth-order valence-corrected chi connectivity index (χ4v) is 7.67. The predicted molar refractivity (Wildman–Crippen MR) is 120 cm³/mol. The molecule has 0 aromatic heterocycles. The molecule has 2 atom stereocenters. The molecule has 1 aromatic carbocycles. The van der Waals surface area contributed by atoms with E-state index in [9.17, 15) is 13.2 Å². The summed E-state index contributed by atoms with van der Waals surface area (Å²) in [5.74, 6) is 1.62. The molecule has 6 heteroatoms. The van der Waals surface area contributed by atoms with Gasteiger partial charge in [0, 0.05) is 20.1 Å². The Morgan fingerprint density at radius 3 is 2.37 bits per heavy atom. The van der Waals surface area contributed by atoms with E-state index in [-0.39, 0.29) is 22.5 Å². The van der Waals surface area contributed by atoms with Gasteiger partial charge in [0.25, 0.3) is 0 Å². The third-order valence-electron chi connectivity index (χ3n) is 7.98.